The Morgan fingerprint density at radius 1 is 1.07 bits per heavy atom. The molecule has 11 heteroatoms. The molecule has 2 heterocycles. The highest BCUT2D eigenvalue weighted by Gasteiger charge is 2.26. The molecule has 0 aliphatic carbocycles. The maximum absolute atomic E-state index is 15.0. The van der Waals surface area contributed by atoms with Crippen LogP contribution in [0.25, 0.3) is 11.3 Å². The normalized spacial score (nSPS) is 11.4. The molecule has 0 bridgehead atoms. The number of hydrogen-bond donors (Lipinski definition) is 2. The van der Waals surface area contributed by atoms with Crippen LogP contribution in [-0.4, -0.2) is 30.9 Å². The second-order valence-electron chi connectivity index (χ2n) is 10.0. The van der Waals surface area contributed by atoms with Crippen molar-refractivity contribution in [1.29, 1.82) is 0 Å². The summed E-state index contributed by atoms with van der Waals surface area (Å²) in [5, 5.41) is 0. The number of nitrogens with zero attached hydrogens (tertiary/aromatic N) is 1. The van der Waals surface area contributed by atoms with Crippen LogP contribution in [-0.2, 0) is 10.0 Å². The van der Waals surface area contributed by atoms with E-state index in [0.717, 1.165) is 22.8 Å². The summed E-state index contributed by atoms with van der Waals surface area (Å²) >= 11 is 0. The molecule has 4 rings (SSSR count). The Labute approximate surface area is 240 Å². The van der Waals surface area contributed by atoms with Gasteiger partial charge in [-0.25, -0.2) is 22.5 Å². The van der Waals surface area contributed by atoms with Crippen LogP contribution in [0.15, 0.2) is 70.5 Å². The lowest BCUT2D eigenvalue weighted by atomic mass is 10.1. The zero-order valence-electron chi connectivity index (χ0n) is 23.2. The van der Waals surface area contributed by atoms with Gasteiger partial charge in [0.05, 0.1) is 12.3 Å². The van der Waals surface area contributed by atoms with Crippen molar-refractivity contribution < 1.29 is 29.9 Å². The fraction of sp³-hybridized carbons (Fsp3) is 0.233. The van der Waals surface area contributed by atoms with Crippen LogP contribution in [0.1, 0.15) is 43.7 Å². The number of nitrogens with one attached hydrogen (secondary N) is 2. The first-order valence-electron chi connectivity index (χ1n) is 12.8. The second kappa shape index (κ2) is 11.9. The number of aryl methyl sites for hydroxylation is 3. The van der Waals surface area contributed by atoms with Gasteiger partial charge in [-0.3, -0.25) is 9.59 Å². The molecular formula is C30H34FN3O6S. The Morgan fingerprint density at radius 3 is 2.44 bits per heavy atom. The van der Waals surface area contributed by atoms with Gasteiger partial charge in [-0.05, 0) is 80.3 Å². The van der Waals surface area contributed by atoms with E-state index in [4.69, 9.17) is 9.47 Å². The van der Waals surface area contributed by atoms with Gasteiger partial charge in [0, 0.05) is 14.6 Å². The predicted octanol–water partition coefficient (Wildman–Crippen LogP) is 5.94. The highest BCUT2D eigenvalue weighted by Crippen LogP contribution is 2.34. The molecule has 41 heavy (non-hydrogen) atoms. The number of pyridine rings is 2. The number of H-pyrrole nitrogens is 1. The zero-order chi connectivity index (χ0) is 29.9. The highest BCUT2D eigenvalue weighted by atomic mass is 32.2. The van der Waals surface area contributed by atoms with E-state index in [2.05, 4.69) is 9.97 Å². The molecule has 9 nitrogen and oxygen atoms in total. The third-order valence-corrected chi connectivity index (χ3v) is 7.36. The van der Waals surface area contributed by atoms with Gasteiger partial charge in [0.15, 0.2) is 4.90 Å². The van der Waals surface area contributed by atoms with E-state index in [1.165, 1.54) is 42.6 Å². The lowest BCUT2D eigenvalue weighted by molar-refractivity contribution is 0.0978. The summed E-state index contributed by atoms with van der Waals surface area (Å²) in [6, 6.07) is 13.1. The molecule has 0 spiro atoms. The third kappa shape index (κ3) is 6.80. The zero-order valence-corrected chi connectivity index (χ0v) is 24.1. The van der Waals surface area contributed by atoms with Gasteiger partial charge in [0.25, 0.3) is 21.5 Å². The summed E-state index contributed by atoms with van der Waals surface area (Å²) in [6.07, 6.45) is 1.27. The minimum Gasteiger partial charge on any atom is -0.493 e. The number of halogens is 1. The SMILES string of the molecule is Cc1cc(C)c(Oc2nc(-c3cc(OCC(C)C)ccc3F)ccc2C(=O)NS(=O)(=O)c2ccc[nH]c2=O)c(C)c1.[HH].[HH]. The Kier molecular flexibility index (Phi) is 8.57. The molecule has 0 atom stereocenters. The summed E-state index contributed by atoms with van der Waals surface area (Å²) in [7, 11) is -4.54. The summed E-state index contributed by atoms with van der Waals surface area (Å²) in [6.45, 7) is 9.97. The van der Waals surface area contributed by atoms with Crippen LogP contribution in [0.5, 0.6) is 17.4 Å². The van der Waals surface area contributed by atoms with Crippen molar-refractivity contribution in [2.24, 2.45) is 5.92 Å². The first-order chi connectivity index (χ1) is 19.4. The molecule has 0 unspecified atom stereocenters. The topological polar surface area (TPSA) is 127 Å². The average molecular weight is 584 g/mol. The van der Waals surface area contributed by atoms with E-state index < -0.39 is 32.2 Å². The molecule has 2 aromatic carbocycles. The van der Waals surface area contributed by atoms with Crippen LogP contribution >= 0.6 is 0 Å². The van der Waals surface area contributed by atoms with Gasteiger partial charge >= 0.3 is 0 Å². The van der Waals surface area contributed by atoms with Crippen LogP contribution in [0.4, 0.5) is 4.39 Å². The number of hydrogen-bond acceptors (Lipinski definition) is 7. The quantitative estimate of drug-likeness (QED) is 0.250. The van der Waals surface area contributed by atoms with Crippen molar-refractivity contribution in [3.8, 4) is 28.6 Å². The lowest BCUT2D eigenvalue weighted by Crippen LogP contribution is -2.34. The third-order valence-electron chi connectivity index (χ3n) is 6.00. The molecule has 218 valence electrons. The number of benzene rings is 2. The largest absolute Gasteiger partial charge is 0.493 e. The number of amides is 1. The van der Waals surface area contributed by atoms with Crippen molar-refractivity contribution in [2.75, 3.05) is 6.61 Å². The van der Waals surface area contributed by atoms with E-state index in [1.807, 2.05) is 51.5 Å². The lowest BCUT2D eigenvalue weighted by Gasteiger charge is -2.16. The Balaban J connectivity index is 0.00000323. The fourth-order valence-corrected chi connectivity index (χ4v) is 5.19. The molecule has 2 aromatic heterocycles. The van der Waals surface area contributed by atoms with Gasteiger partial charge in [-0.1, -0.05) is 31.5 Å². The Hall–Kier alpha value is -4.51. The summed E-state index contributed by atoms with van der Waals surface area (Å²) in [5.41, 5.74) is 1.60. The molecular weight excluding hydrogens is 549 g/mol. The van der Waals surface area contributed by atoms with Crippen LogP contribution in [0.3, 0.4) is 0 Å². The molecule has 2 N–H and O–H groups in total. The standard InChI is InChI=1S/C30H30FN3O6S.2H2/c1-17(2)16-39-21-8-10-24(31)23(15-21)25-11-9-22(28(35)34-41(37,38)26-7-6-12-32-29(26)36)30(33-25)40-27-19(4)13-18(3)14-20(27)5;;/h6-15,17H,16H2,1-5H3,(H,32,36)(H,34,35);2*1H. The summed E-state index contributed by atoms with van der Waals surface area (Å²) in [4.78, 5) is 31.4. The van der Waals surface area contributed by atoms with E-state index in [0.29, 0.717) is 18.1 Å². The molecule has 0 aliphatic rings. The monoisotopic (exact) mass is 583 g/mol. The second-order valence-corrected chi connectivity index (χ2v) is 11.7. The molecule has 0 saturated heterocycles. The average Bonchev–Trinajstić information content (AvgIpc) is 2.90. The van der Waals surface area contributed by atoms with Crippen molar-refractivity contribution >= 4 is 15.9 Å². The van der Waals surface area contributed by atoms with Crippen LogP contribution in [0.2, 0.25) is 0 Å². The molecule has 0 radical (unpaired) electrons. The number of carbonyl (C=O) groups excluding carboxylic acids is 1. The van der Waals surface area contributed by atoms with E-state index in [1.54, 1.807) is 0 Å². The predicted molar refractivity (Wildman–Crippen MR) is 157 cm³/mol. The molecule has 0 fully saturated rings. The molecule has 0 saturated carbocycles. The first-order valence-corrected chi connectivity index (χ1v) is 14.3. The van der Waals surface area contributed by atoms with Gasteiger partial charge in [-0.2, -0.15) is 0 Å². The van der Waals surface area contributed by atoms with Gasteiger partial charge < -0.3 is 14.5 Å². The van der Waals surface area contributed by atoms with Gasteiger partial charge in [0.2, 0.25) is 5.88 Å². The first kappa shape index (κ1) is 29.5. The number of carbonyl (C=O) groups is 1. The highest BCUT2D eigenvalue weighted by molar-refractivity contribution is 7.90. The van der Waals surface area contributed by atoms with Crippen molar-refractivity contribution in [3.05, 3.63) is 99.2 Å². The molecule has 1 amide bonds. The van der Waals surface area contributed by atoms with Crippen molar-refractivity contribution in [2.45, 2.75) is 39.5 Å². The van der Waals surface area contributed by atoms with Crippen LogP contribution < -0.4 is 19.8 Å². The number of rotatable bonds is 9. The van der Waals surface area contributed by atoms with E-state index in [9.17, 15) is 22.4 Å². The van der Waals surface area contributed by atoms with Crippen molar-refractivity contribution in [1.82, 2.24) is 14.7 Å². The number of sulfonamides is 1. The summed E-state index contributed by atoms with van der Waals surface area (Å²) in [5.74, 6) is -0.814. The fourth-order valence-electron chi connectivity index (χ4n) is 4.17. The minimum atomic E-state index is -4.54. The number of aromatic amines is 1. The minimum absolute atomic E-state index is 0. The van der Waals surface area contributed by atoms with E-state index >= 15 is 0 Å². The molecule has 4 aromatic rings. The Bertz CT molecular complexity index is 1770. The Morgan fingerprint density at radius 2 is 1.78 bits per heavy atom. The smallest absolute Gasteiger partial charge is 0.270 e. The molecule has 0 aliphatic heterocycles. The van der Waals surface area contributed by atoms with Gasteiger partial charge in [0.1, 0.15) is 22.9 Å². The maximum atomic E-state index is 15.0. The number of aromatic nitrogens is 2. The van der Waals surface area contributed by atoms with Gasteiger partial charge in [-0.15, -0.1) is 0 Å². The van der Waals surface area contributed by atoms with Crippen molar-refractivity contribution in [3.63, 3.8) is 0 Å². The van der Waals surface area contributed by atoms with E-state index in [-0.39, 0.29) is 31.5 Å². The number of ether oxygens (including phenoxy) is 2. The van der Waals surface area contributed by atoms with Crippen LogP contribution in [0, 0.1) is 32.5 Å². The summed E-state index contributed by atoms with van der Waals surface area (Å²) < 4.78 is 54.4. The maximum Gasteiger partial charge on any atom is 0.270 e.